The minimum Gasteiger partial charge on any atom is -0.486 e. The molecule has 0 heterocycles. The molecule has 1 atom stereocenters. The highest BCUT2D eigenvalue weighted by molar-refractivity contribution is 5.79. The van der Waals surface area contributed by atoms with Gasteiger partial charge in [0.2, 0.25) is 0 Å². The summed E-state index contributed by atoms with van der Waals surface area (Å²) in [6.07, 6.45) is 0.399. The van der Waals surface area contributed by atoms with Gasteiger partial charge in [0, 0.05) is 19.2 Å². The Morgan fingerprint density at radius 2 is 1.96 bits per heavy atom. The van der Waals surface area contributed by atoms with Crippen LogP contribution in [-0.2, 0) is 6.54 Å². The Hall–Kier alpha value is -3.14. The molecule has 2 N–H and O–H groups in total. The van der Waals surface area contributed by atoms with E-state index >= 15 is 0 Å². The van der Waals surface area contributed by atoms with Crippen molar-refractivity contribution in [2.24, 2.45) is 4.99 Å². The molecular formula is C20H22F2N4O. The lowest BCUT2D eigenvalue weighted by molar-refractivity contribution is 0.191. The van der Waals surface area contributed by atoms with Gasteiger partial charge in [-0.25, -0.2) is 8.78 Å². The molecular weight excluding hydrogens is 350 g/mol. The first-order valence-electron chi connectivity index (χ1n) is 8.61. The highest BCUT2D eigenvalue weighted by Crippen LogP contribution is 2.17. The van der Waals surface area contributed by atoms with E-state index in [1.807, 2.05) is 13.0 Å². The van der Waals surface area contributed by atoms with Crippen molar-refractivity contribution in [1.29, 1.82) is 5.26 Å². The smallest absolute Gasteiger partial charge is 0.191 e. The Kier molecular flexibility index (Phi) is 7.56. The fraction of sp³-hybridized carbons (Fsp3) is 0.300. The first-order valence-corrected chi connectivity index (χ1v) is 8.61. The lowest BCUT2D eigenvalue weighted by atomic mass is 10.1. The highest BCUT2D eigenvalue weighted by atomic mass is 19.1. The molecule has 0 saturated carbocycles. The number of benzene rings is 2. The zero-order valence-corrected chi connectivity index (χ0v) is 15.3. The van der Waals surface area contributed by atoms with Gasteiger partial charge in [-0.3, -0.25) is 4.99 Å². The first-order chi connectivity index (χ1) is 13.1. The number of hydrogen-bond acceptors (Lipinski definition) is 3. The van der Waals surface area contributed by atoms with Crippen LogP contribution in [0.4, 0.5) is 8.78 Å². The van der Waals surface area contributed by atoms with Crippen LogP contribution in [0.1, 0.15) is 24.5 Å². The molecule has 0 aliphatic carbocycles. The van der Waals surface area contributed by atoms with E-state index in [9.17, 15) is 8.78 Å². The molecule has 2 aromatic carbocycles. The van der Waals surface area contributed by atoms with Gasteiger partial charge in [-0.15, -0.1) is 0 Å². The number of hydrogen-bond donors (Lipinski definition) is 2. The molecule has 2 rings (SSSR count). The second-order valence-corrected chi connectivity index (χ2v) is 5.80. The van der Waals surface area contributed by atoms with Gasteiger partial charge in [0.1, 0.15) is 11.9 Å². The summed E-state index contributed by atoms with van der Waals surface area (Å²) in [7, 11) is 1.59. The average Bonchev–Trinajstić information content (AvgIpc) is 2.69. The molecule has 0 radical (unpaired) electrons. The third kappa shape index (κ3) is 5.96. The number of para-hydroxylation sites is 1. The maximum absolute atomic E-state index is 13.8. The summed E-state index contributed by atoms with van der Waals surface area (Å²) in [5.41, 5.74) is 0.757. The molecule has 0 fully saturated rings. The average molecular weight is 372 g/mol. The molecule has 0 bridgehead atoms. The van der Waals surface area contributed by atoms with Gasteiger partial charge in [0.05, 0.1) is 18.2 Å². The summed E-state index contributed by atoms with van der Waals surface area (Å²) in [6.45, 7) is 2.50. The zero-order valence-electron chi connectivity index (χ0n) is 15.3. The predicted octanol–water partition coefficient (Wildman–Crippen LogP) is 3.36. The number of nitrogens with zero attached hydrogens (tertiary/aromatic N) is 2. The minimum absolute atomic E-state index is 0.173. The third-order valence-corrected chi connectivity index (χ3v) is 3.93. The van der Waals surface area contributed by atoms with Gasteiger partial charge >= 0.3 is 0 Å². The second kappa shape index (κ2) is 10.1. The Morgan fingerprint density at radius 1 is 1.19 bits per heavy atom. The van der Waals surface area contributed by atoms with Crippen molar-refractivity contribution in [2.45, 2.75) is 26.0 Å². The van der Waals surface area contributed by atoms with Crippen molar-refractivity contribution in [3.8, 4) is 11.8 Å². The number of halogens is 2. The molecule has 2 aromatic rings. The van der Waals surface area contributed by atoms with E-state index < -0.39 is 11.6 Å². The van der Waals surface area contributed by atoms with Crippen LogP contribution in [0.2, 0.25) is 0 Å². The van der Waals surface area contributed by atoms with Gasteiger partial charge in [0.15, 0.2) is 17.5 Å². The molecule has 27 heavy (non-hydrogen) atoms. The summed E-state index contributed by atoms with van der Waals surface area (Å²) >= 11 is 0. The monoisotopic (exact) mass is 372 g/mol. The number of aliphatic imine (C=N–C) groups is 1. The number of nitrogens with one attached hydrogen (secondary N) is 2. The summed E-state index contributed by atoms with van der Waals surface area (Å²) in [5.74, 6) is -0.158. The molecule has 0 aromatic heterocycles. The van der Waals surface area contributed by atoms with E-state index in [-0.39, 0.29) is 18.4 Å². The molecule has 0 amide bonds. The molecule has 142 valence electrons. The maximum atomic E-state index is 13.8. The van der Waals surface area contributed by atoms with Crippen LogP contribution in [0.3, 0.4) is 0 Å². The lowest BCUT2D eigenvalue weighted by Gasteiger charge is -2.20. The Balaban J connectivity index is 1.91. The van der Waals surface area contributed by atoms with Gasteiger partial charge in [0.25, 0.3) is 0 Å². The topological polar surface area (TPSA) is 69.4 Å². The predicted molar refractivity (Wildman–Crippen MR) is 100 cm³/mol. The molecule has 7 heteroatoms. The van der Waals surface area contributed by atoms with Crippen molar-refractivity contribution in [3.05, 3.63) is 65.2 Å². The van der Waals surface area contributed by atoms with Gasteiger partial charge in [-0.05, 0) is 36.8 Å². The van der Waals surface area contributed by atoms with E-state index in [1.54, 1.807) is 25.2 Å². The van der Waals surface area contributed by atoms with E-state index in [0.29, 0.717) is 30.1 Å². The zero-order chi connectivity index (χ0) is 19.6. The normalized spacial score (nSPS) is 12.2. The molecule has 0 aliphatic heterocycles. The highest BCUT2D eigenvalue weighted by Gasteiger charge is 2.12. The third-order valence-electron chi connectivity index (χ3n) is 3.93. The van der Waals surface area contributed by atoms with Crippen LogP contribution < -0.4 is 15.4 Å². The number of rotatable bonds is 7. The lowest BCUT2D eigenvalue weighted by Crippen LogP contribution is -2.42. The molecule has 1 unspecified atom stereocenters. The quantitative estimate of drug-likeness (QED) is 0.578. The van der Waals surface area contributed by atoms with E-state index in [4.69, 9.17) is 10.00 Å². The van der Waals surface area contributed by atoms with Gasteiger partial charge in [-0.2, -0.15) is 5.26 Å². The first kappa shape index (κ1) is 20.2. The summed E-state index contributed by atoms with van der Waals surface area (Å²) in [5, 5.41) is 15.0. The van der Waals surface area contributed by atoms with Crippen molar-refractivity contribution in [1.82, 2.24) is 10.6 Å². The van der Waals surface area contributed by atoms with Crippen molar-refractivity contribution in [3.63, 3.8) is 0 Å². The van der Waals surface area contributed by atoms with Crippen LogP contribution in [0.25, 0.3) is 0 Å². The standard InChI is InChI=1S/C20H22F2N4O/c1-3-16(27-19-7-5-4-6-18(19)22)13-26-20(24-2)25-12-15-10-14(11-23)8-9-17(15)21/h4-10,16H,3,12-13H2,1-2H3,(H2,24,25,26). The van der Waals surface area contributed by atoms with E-state index in [1.165, 1.54) is 24.3 Å². The SMILES string of the molecule is CCC(CNC(=NC)NCc1cc(C#N)ccc1F)Oc1ccccc1F. The molecule has 5 nitrogen and oxygen atoms in total. The molecule has 0 saturated heterocycles. The molecule has 0 aliphatic rings. The van der Waals surface area contributed by atoms with Crippen LogP contribution in [0.15, 0.2) is 47.5 Å². The van der Waals surface area contributed by atoms with E-state index in [0.717, 1.165) is 0 Å². The molecule has 0 spiro atoms. The van der Waals surface area contributed by atoms with E-state index in [2.05, 4.69) is 15.6 Å². The summed E-state index contributed by atoms with van der Waals surface area (Å²) in [6, 6.07) is 12.4. The number of nitriles is 1. The number of ether oxygens (including phenoxy) is 1. The van der Waals surface area contributed by atoms with Crippen molar-refractivity contribution in [2.75, 3.05) is 13.6 Å². The van der Waals surface area contributed by atoms with Crippen LogP contribution in [0, 0.1) is 23.0 Å². The van der Waals surface area contributed by atoms with Crippen LogP contribution in [0.5, 0.6) is 5.75 Å². The van der Waals surface area contributed by atoms with Gasteiger partial charge in [-0.1, -0.05) is 19.1 Å². The van der Waals surface area contributed by atoms with Gasteiger partial charge < -0.3 is 15.4 Å². The van der Waals surface area contributed by atoms with Crippen molar-refractivity contribution < 1.29 is 13.5 Å². The van der Waals surface area contributed by atoms with Crippen molar-refractivity contribution >= 4 is 5.96 Å². The fourth-order valence-electron chi connectivity index (χ4n) is 2.38. The van der Waals surface area contributed by atoms with Crippen LogP contribution >= 0.6 is 0 Å². The van der Waals surface area contributed by atoms with Crippen LogP contribution in [-0.4, -0.2) is 25.7 Å². The largest absolute Gasteiger partial charge is 0.486 e. The summed E-state index contributed by atoms with van der Waals surface area (Å²) in [4.78, 5) is 4.08. The maximum Gasteiger partial charge on any atom is 0.191 e. The Bertz CT molecular complexity index is 833. The Morgan fingerprint density at radius 3 is 2.63 bits per heavy atom. The second-order valence-electron chi connectivity index (χ2n) is 5.80. The fourth-order valence-corrected chi connectivity index (χ4v) is 2.38. The number of guanidine groups is 1. The minimum atomic E-state index is -0.411. The Labute approximate surface area is 157 Å². The summed E-state index contributed by atoms with van der Waals surface area (Å²) < 4.78 is 33.2.